The van der Waals surface area contributed by atoms with Crippen LogP contribution in [0.5, 0.6) is 23.0 Å². The number of aryl methyl sites for hydroxylation is 1. The number of ether oxygens (including phenoxy) is 4. The van der Waals surface area contributed by atoms with Gasteiger partial charge in [-0.1, -0.05) is 12.1 Å². The van der Waals surface area contributed by atoms with Crippen molar-refractivity contribution in [1.82, 2.24) is 0 Å². The van der Waals surface area contributed by atoms with Crippen LogP contribution in [0, 0.1) is 0 Å². The molecule has 2 aromatic carbocycles. The standard InChI is InChI=1S/C20H24O7/c1-24-17-11-19(26-3)18(25-2)10-14(17)7-8-16(21)13-5-4-6-15(9-13)27-12-20(22)23/h4-6,9-11,16,21H,7-8,12H2,1-3H3,(H,22,23)/t16-/m1/s1. The normalized spacial score (nSPS) is 11.6. The lowest BCUT2D eigenvalue weighted by atomic mass is 10.00. The molecule has 0 saturated carbocycles. The largest absolute Gasteiger partial charge is 0.496 e. The highest BCUT2D eigenvalue weighted by molar-refractivity contribution is 5.68. The third-order valence-corrected chi connectivity index (χ3v) is 4.08. The lowest BCUT2D eigenvalue weighted by Crippen LogP contribution is -2.09. The maximum atomic E-state index is 10.6. The van der Waals surface area contributed by atoms with Crippen LogP contribution in [0.15, 0.2) is 36.4 Å². The van der Waals surface area contributed by atoms with Crippen LogP contribution in [0.1, 0.15) is 23.7 Å². The molecule has 146 valence electrons. The van der Waals surface area contributed by atoms with Crippen molar-refractivity contribution in [3.8, 4) is 23.0 Å². The molecule has 0 saturated heterocycles. The Morgan fingerprint density at radius 1 is 1.00 bits per heavy atom. The van der Waals surface area contributed by atoms with Crippen molar-refractivity contribution in [1.29, 1.82) is 0 Å². The second-order valence-electron chi connectivity index (χ2n) is 5.83. The molecule has 0 heterocycles. The van der Waals surface area contributed by atoms with Crippen molar-refractivity contribution >= 4 is 5.97 Å². The van der Waals surface area contributed by atoms with E-state index < -0.39 is 18.7 Å². The number of hydrogen-bond donors (Lipinski definition) is 2. The van der Waals surface area contributed by atoms with Crippen LogP contribution in [0.2, 0.25) is 0 Å². The van der Waals surface area contributed by atoms with Gasteiger partial charge in [0.15, 0.2) is 18.1 Å². The lowest BCUT2D eigenvalue weighted by Gasteiger charge is -2.16. The molecule has 0 amide bonds. The van der Waals surface area contributed by atoms with Gasteiger partial charge in [-0.15, -0.1) is 0 Å². The quantitative estimate of drug-likeness (QED) is 0.658. The molecule has 2 aromatic rings. The molecular formula is C20H24O7. The Hall–Kier alpha value is -2.93. The van der Waals surface area contributed by atoms with E-state index in [2.05, 4.69) is 0 Å². The van der Waals surface area contributed by atoms with E-state index in [-0.39, 0.29) is 0 Å². The Balaban J connectivity index is 2.10. The number of methoxy groups -OCH3 is 3. The van der Waals surface area contributed by atoms with Gasteiger partial charge < -0.3 is 29.2 Å². The molecule has 0 aliphatic carbocycles. The van der Waals surface area contributed by atoms with Crippen LogP contribution in [-0.2, 0) is 11.2 Å². The number of carboxylic acid groups (broad SMARTS) is 1. The number of carbonyl (C=O) groups is 1. The summed E-state index contributed by atoms with van der Waals surface area (Å²) in [7, 11) is 4.69. The highest BCUT2D eigenvalue weighted by Gasteiger charge is 2.15. The smallest absolute Gasteiger partial charge is 0.341 e. The molecule has 27 heavy (non-hydrogen) atoms. The first kappa shape index (κ1) is 20.4. The van der Waals surface area contributed by atoms with E-state index >= 15 is 0 Å². The van der Waals surface area contributed by atoms with Gasteiger partial charge in [0.2, 0.25) is 0 Å². The lowest BCUT2D eigenvalue weighted by molar-refractivity contribution is -0.139. The summed E-state index contributed by atoms with van der Waals surface area (Å²) in [6, 6.07) is 10.4. The molecular weight excluding hydrogens is 352 g/mol. The number of aliphatic hydroxyl groups is 1. The summed E-state index contributed by atoms with van der Waals surface area (Å²) in [4.78, 5) is 10.6. The fourth-order valence-electron chi connectivity index (χ4n) is 2.70. The predicted octanol–water partition coefficient (Wildman–Crippen LogP) is 2.84. The zero-order chi connectivity index (χ0) is 19.8. The number of rotatable bonds is 10. The average molecular weight is 376 g/mol. The minimum Gasteiger partial charge on any atom is -0.496 e. The molecule has 0 aliphatic heterocycles. The van der Waals surface area contributed by atoms with Crippen molar-refractivity contribution in [2.75, 3.05) is 27.9 Å². The fourth-order valence-corrected chi connectivity index (χ4v) is 2.70. The number of benzene rings is 2. The Morgan fingerprint density at radius 2 is 1.67 bits per heavy atom. The molecule has 2 N–H and O–H groups in total. The van der Waals surface area contributed by atoms with Crippen molar-refractivity contribution < 1.29 is 34.0 Å². The van der Waals surface area contributed by atoms with Gasteiger partial charge in [-0.05, 0) is 42.2 Å². The summed E-state index contributed by atoms with van der Waals surface area (Å²) in [6.45, 7) is -0.428. The topological polar surface area (TPSA) is 94.5 Å². The zero-order valence-corrected chi connectivity index (χ0v) is 15.6. The molecule has 0 fully saturated rings. The predicted molar refractivity (Wildman–Crippen MR) is 99.0 cm³/mol. The number of carboxylic acids is 1. The summed E-state index contributed by atoms with van der Waals surface area (Å²) in [5.74, 6) is 1.16. The van der Waals surface area contributed by atoms with Crippen molar-refractivity contribution in [2.45, 2.75) is 18.9 Å². The number of hydrogen-bond acceptors (Lipinski definition) is 6. The molecule has 0 aromatic heterocycles. The van der Waals surface area contributed by atoms with E-state index in [9.17, 15) is 9.90 Å². The Morgan fingerprint density at radius 3 is 2.30 bits per heavy atom. The van der Waals surface area contributed by atoms with E-state index in [0.29, 0.717) is 41.4 Å². The minimum atomic E-state index is -1.05. The summed E-state index contributed by atoms with van der Waals surface area (Å²) in [5, 5.41) is 19.2. The molecule has 1 atom stereocenters. The van der Waals surface area contributed by atoms with Gasteiger partial charge in [0.05, 0.1) is 27.4 Å². The first-order valence-corrected chi connectivity index (χ1v) is 8.40. The Bertz CT molecular complexity index is 773. The van der Waals surface area contributed by atoms with Gasteiger partial charge in [-0.2, -0.15) is 0 Å². The second kappa shape index (κ2) is 9.68. The van der Waals surface area contributed by atoms with Gasteiger partial charge in [-0.3, -0.25) is 0 Å². The van der Waals surface area contributed by atoms with Gasteiger partial charge in [0, 0.05) is 6.07 Å². The van der Waals surface area contributed by atoms with Crippen molar-refractivity contribution in [3.05, 3.63) is 47.5 Å². The second-order valence-corrected chi connectivity index (χ2v) is 5.83. The van der Waals surface area contributed by atoms with Gasteiger partial charge in [0.1, 0.15) is 11.5 Å². The third-order valence-electron chi connectivity index (χ3n) is 4.08. The molecule has 7 heteroatoms. The zero-order valence-electron chi connectivity index (χ0n) is 15.6. The first-order chi connectivity index (χ1) is 13.0. The van der Waals surface area contributed by atoms with Crippen LogP contribution in [0.3, 0.4) is 0 Å². The molecule has 2 rings (SSSR count). The highest BCUT2D eigenvalue weighted by atomic mass is 16.5. The molecule has 0 spiro atoms. The minimum absolute atomic E-state index is 0.401. The summed E-state index contributed by atoms with van der Waals surface area (Å²) >= 11 is 0. The highest BCUT2D eigenvalue weighted by Crippen LogP contribution is 2.36. The fraction of sp³-hybridized carbons (Fsp3) is 0.350. The van der Waals surface area contributed by atoms with Crippen LogP contribution in [-0.4, -0.2) is 44.1 Å². The number of aliphatic hydroxyl groups excluding tert-OH is 1. The van der Waals surface area contributed by atoms with E-state index in [1.54, 1.807) is 51.7 Å². The molecule has 0 aliphatic rings. The third kappa shape index (κ3) is 5.52. The van der Waals surface area contributed by atoms with E-state index in [0.717, 1.165) is 5.56 Å². The van der Waals surface area contributed by atoms with Gasteiger partial charge in [0.25, 0.3) is 0 Å². The first-order valence-electron chi connectivity index (χ1n) is 8.40. The monoisotopic (exact) mass is 376 g/mol. The van der Waals surface area contributed by atoms with E-state index in [1.807, 2.05) is 6.07 Å². The summed E-state index contributed by atoms with van der Waals surface area (Å²) < 4.78 is 21.2. The van der Waals surface area contributed by atoms with Crippen LogP contribution in [0.4, 0.5) is 0 Å². The number of aliphatic carboxylic acids is 1. The molecule has 7 nitrogen and oxygen atoms in total. The van der Waals surface area contributed by atoms with Gasteiger partial charge in [-0.25, -0.2) is 4.79 Å². The van der Waals surface area contributed by atoms with Gasteiger partial charge >= 0.3 is 5.97 Å². The SMILES string of the molecule is COc1cc(OC)c(OC)cc1CC[C@@H](O)c1cccc(OCC(=O)O)c1. The Kier molecular flexibility index (Phi) is 7.31. The van der Waals surface area contributed by atoms with E-state index in [1.165, 1.54) is 0 Å². The van der Waals surface area contributed by atoms with Crippen molar-refractivity contribution in [3.63, 3.8) is 0 Å². The van der Waals surface area contributed by atoms with Crippen LogP contribution >= 0.6 is 0 Å². The average Bonchev–Trinajstić information content (AvgIpc) is 2.69. The maximum absolute atomic E-state index is 10.6. The summed E-state index contributed by atoms with van der Waals surface area (Å²) in [5.41, 5.74) is 1.53. The van der Waals surface area contributed by atoms with Crippen molar-refractivity contribution in [2.24, 2.45) is 0 Å². The van der Waals surface area contributed by atoms with E-state index in [4.69, 9.17) is 24.1 Å². The molecule has 0 radical (unpaired) electrons. The summed E-state index contributed by atoms with van der Waals surface area (Å²) in [6.07, 6.45) is 0.246. The molecule has 0 unspecified atom stereocenters. The van der Waals surface area contributed by atoms with Crippen LogP contribution in [0.25, 0.3) is 0 Å². The maximum Gasteiger partial charge on any atom is 0.341 e. The molecule has 0 bridgehead atoms. The Labute approximate surface area is 158 Å². The van der Waals surface area contributed by atoms with Crippen LogP contribution < -0.4 is 18.9 Å².